The molecule has 0 radical (unpaired) electrons. The van der Waals surface area contributed by atoms with Gasteiger partial charge >= 0.3 is 0 Å². The van der Waals surface area contributed by atoms with Crippen LogP contribution >= 0.6 is 15.9 Å². The summed E-state index contributed by atoms with van der Waals surface area (Å²) in [6.07, 6.45) is 0. The summed E-state index contributed by atoms with van der Waals surface area (Å²) < 4.78 is 0.472. The van der Waals surface area contributed by atoms with Gasteiger partial charge in [0.15, 0.2) is 11.5 Å². The number of para-hydroxylation sites is 1. The van der Waals surface area contributed by atoms with Crippen LogP contribution in [-0.2, 0) is 6.54 Å². The molecular formula is C13H13BrN2O2. The minimum absolute atomic E-state index is 0.119. The van der Waals surface area contributed by atoms with Crippen LogP contribution in [0.25, 0.3) is 0 Å². The Labute approximate surface area is 113 Å². The molecule has 0 aliphatic rings. The van der Waals surface area contributed by atoms with Gasteiger partial charge in [-0.25, -0.2) is 5.43 Å². The van der Waals surface area contributed by atoms with Gasteiger partial charge in [-0.1, -0.05) is 24.3 Å². The third-order valence-electron chi connectivity index (χ3n) is 2.47. The van der Waals surface area contributed by atoms with Gasteiger partial charge in [0, 0.05) is 17.8 Å². The molecule has 0 aromatic heterocycles. The lowest BCUT2D eigenvalue weighted by Gasteiger charge is -2.10. The average molecular weight is 309 g/mol. The fourth-order valence-corrected chi connectivity index (χ4v) is 1.82. The number of aromatic hydroxyl groups is 2. The molecule has 5 heteroatoms. The number of phenolic OH excluding ortho intramolecular Hbond substituents is 2. The highest BCUT2D eigenvalue weighted by molar-refractivity contribution is 9.10. The molecule has 0 heterocycles. The fourth-order valence-electron chi connectivity index (χ4n) is 1.50. The summed E-state index contributed by atoms with van der Waals surface area (Å²) in [7, 11) is 0. The van der Waals surface area contributed by atoms with E-state index in [1.54, 1.807) is 12.1 Å². The first-order valence-corrected chi connectivity index (χ1v) is 6.21. The van der Waals surface area contributed by atoms with E-state index in [-0.39, 0.29) is 11.5 Å². The molecule has 18 heavy (non-hydrogen) atoms. The van der Waals surface area contributed by atoms with Crippen LogP contribution < -0.4 is 10.9 Å². The Morgan fingerprint density at radius 1 is 0.944 bits per heavy atom. The second-order valence-electron chi connectivity index (χ2n) is 3.75. The summed E-state index contributed by atoms with van der Waals surface area (Å²) >= 11 is 3.14. The van der Waals surface area contributed by atoms with Crippen molar-refractivity contribution in [2.75, 3.05) is 5.43 Å². The smallest absolute Gasteiger partial charge is 0.172 e. The van der Waals surface area contributed by atoms with E-state index >= 15 is 0 Å². The first kappa shape index (κ1) is 12.7. The molecule has 0 unspecified atom stereocenters. The van der Waals surface area contributed by atoms with Crippen molar-refractivity contribution in [2.45, 2.75) is 6.54 Å². The quantitative estimate of drug-likeness (QED) is 0.518. The van der Waals surface area contributed by atoms with Crippen molar-refractivity contribution in [1.29, 1.82) is 0 Å². The second kappa shape index (κ2) is 5.75. The van der Waals surface area contributed by atoms with Crippen molar-refractivity contribution < 1.29 is 10.2 Å². The molecule has 0 amide bonds. The Kier molecular flexibility index (Phi) is 4.07. The van der Waals surface area contributed by atoms with Crippen LogP contribution in [0, 0.1) is 0 Å². The SMILES string of the molecule is Oc1c(Br)ccc(CNNc2ccccc2)c1O. The summed E-state index contributed by atoms with van der Waals surface area (Å²) in [5.41, 5.74) is 7.51. The van der Waals surface area contributed by atoms with Gasteiger partial charge in [-0.05, 0) is 34.1 Å². The predicted octanol–water partition coefficient (Wildman–Crippen LogP) is 2.98. The van der Waals surface area contributed by atoms with E-state index in [0.717, 1.165) is 5.69 Å². The first-order valence-electron chi connectivity index (χ1n) is 5.41. The highest BCUT2D eigenvalue weighted by Crippen LogP contribution is 2.35. The van der Waals surface area contributed by atoms with Gasteiger partial charge in [0.25, 0.3) is 0 Å². The van der Waals surface area contributed by atoms with Crippen LogP contribution in [0.2, 0.25) is 0 Å². The van der Waals surface area contributed by atoms with Crippen LogP contribution in [-0.4, -0.2) is 10.2 Å². The summed E-state index contributed by atoms with van der Waals surface area (Å²) in [6.45, 7) is 0.390. The van der Waals surface area contributed by atoms with Gasteiger partial charge in [-0.15, -0.1) is 0 Å². The molecule has 0 saturated heterocycles. The highest BCUT2D eigenvalue weighted by Gasteiger charge is 2.09. The molecule has 0 bridgehead atoms. The lowest BCUT2D eigenvalue weighted by Crippen LogP contribution is -2.20. The van der Waals surface area contributed by atoms with E-state index in [1.807, 2.05) is 30.3 Å². The van der Waals surface area contributed by atoms with E-state index in [9.17, 15) is 10.2 Å². The van der Waals surface area contributed by atoms with Gasteiger partial charge in [0.05, 0.1) is 4.47 Å². The minimum Gasteiger partial charge on any atom is -0.504 e. The summed E-state index contributed by atoms with van der Waals surface area (Å²) in [6, 6.07) is 13.1. The number of phenols is 2. The Hall–Kier alpha value is -1.72. The molecule has 4 N–H and O–H groups in total. The van der Waals surface area contributed by atoms with Crippen LogP contribution in [0.15, 0.2) is 46.9 Å². The monoisotopic (exact) mass is 308 g/mol. The highest BCUT2D eigenvalue weighted by atomic mass is 79.9. The van der Waals surface area contributed by atoms with Crippen molar-refractivity contribution in [2.24, 2.45) is 0 Å². The number of nitrogens with one attached hydrogen (secondary N) is 2. The van der Waals surface area contributed by atoms with Crippen molar-refractivity contribution in [3.8, 4) is 11.5 Å². The molecule has 2 aromatic rings. The van der Waals surface area contributed by atoms with Gasteiger partial charge < -0.3 is 15.6 Å². The third kappa shape index (κ3) is 2.94. The maximum Gasteiger partial charge on any atom is 0.172 e. The largest absolute Gasteiger partial charge is 0.504 e. The number of benzene rings is 2. The molecule has 0 aliphatic carbocycles. The van der Waals surface area contributed by atoms with Crippen molar-refractivity contribution in [3.05, 3.63) is 52.5 Å². The zero-order chi connectivity index (χ0) is 13.0. The third-order valence-corrected chi connectivity index (χ3v) is 3.11. The number of hydrazine groups is 1. The molecule has 0 spiro atoms. The predicted molar refractivity (Wildman–Crippen MR) is 74.4 cm³/mol. The second-order valence-corrected chi connectivity index (χ2v) is 4.60. The average Bonchev–Trinajstić information content (AvgIpc) is 2.40. The van der Waals surface area contributed by atoms with Crippen LogP contribution in [0.1, 0.15) is 5.56 Å². The maximum absolute atomic E-state index is 9.73. The number of rotatable bonds is 4. The Bertz CT molecular complexity index is 532. The molecule has 2 rings (SSSR count). The van der Waals surface area contributed by atoms with E-state index < -0.39 is 0 Å². The first-order chi connectivity index (χ1) is 8.68. The van der Waals surface area contributed by atoms with Crippen molar-refractivity contribution in [1.82, 2.24) is 5.43 Å². The van der Waals surface area contributed by atoms with Crippen molar-refractivity contribution in [3.63, 3.8) is 0 Å². The molecule has 0 fully saturated rings. The van der Waals surface area contributed by atoms with Gasteiger partial charge in [0.1, 0.15) is 0 Å². The van der Waals surface area contributed by atoms with Gasteiger partial charge in [-0.2, -0.15) is 0 Å². The summed E-state index contributed by atoms with van der Waals surface area (Å²) in [5, 5.41) is 19.3. The van der Waals surface area contributed by atoms with Crippen molar-refractivity contribution >= 4 is 21.6 Å². The van der Waals surface area contributed by atoms with E-state index in [4.69, 9.17) is 0 Å². The Balaban J connectivity index is 1.97. The molecule has 4 nitrogen and oxygen atoms in total. The molecule has 0 atom stereocenters. The number of halogens is 1. The number of anilines is 1. The topological polar surface area (TPSA) is 64.5 Å². The van der Waals surface area contributed by atoms with Crippen LogP contribution in [0.4, 0.5) is 5.69 Å². The molecular weight excluding hydrogens is 296 g/mol. The molecule has 0 aliphatic heterocycles. The van der Waals surface area contributed by atoms with E-state index in [2.05, 4.69) is 26.8 Å². The number of hydrogen-bond acceptors (Lipinski definition) is 4. The standard InChI is InChI=1S/C13H13BrN2O2/c14-11-7-6-9(12(17)13(11)18)8-15-16-10-4-2-1-3-5-10/h1-7,15-18H,8H2. The van der Waals surface area contributed by atoms with Gasteiger partial charge in [0.2, 0.25) is 0 Å². The fraction of sp³-hybridized carbons (Fsp3) is 0.0769. The summed E-state index contributed by atoms with van der Waals surface area (Å²) in [5.74, 6) is -0.263. The summed E-state index contributed by atoms with van der Waals surface area (Å²) in [4.78, 5) is 0. The lowest BCUT2D eigenvalue weighted by atomic mass is 10.2. The van der Waals surface area contributed by atoms with Gasteiger partial charge in [-0.3, -0.25) is 0 Å². The van der Waals surface area contributed by atoms with E-state index in [0.29, 0.717) is 16.6 Å². The van der Waals surface area contributed by atoms with Crippen LogP contribution in [0.3, 0.4) is 0 Å². The zero-order valence-electron chi connectivity index (χ0n) is 9.52. The minimum atomic E-state index is -0.144. The Morgan fingerprint density at radius 2 is 1.67 bits per heavy atom. The maximum atomic E-state index is 9.73. The molecule has 94 valence electrons. The molecule has 0 saturated carbocycles. The van der Waals surface area contributed by atoms with E-state index in [1.165, 1.54) is 0 Å². The number of hydrogen-bond donors (Lipinski definition) is 4. The van der Waals surface area contributed by atoms with Crippen LogP contribution in [0.5, 0.6) is 11.5 Å². The zero-order valence-corrected chi connectivity index (χ0v) is 11.1. The molecule has 2 aromatic carbocycles. The lowest BCUT2D eigenvalue weighted by molar-refractivity contribution is 0.396. The Morgan fingerprint density at radius 3 is 2.39 bits per heavy atom. The normalized spacial score (nSPS) is 10.3.